The molecule has 1 aromatic rings. The molecule has 4 nitrogen and oxygen atoms in total. The van der Waals surface area contributed by atoms with Gasteiger partial charge in [0, 0.05) is 24.8 Å². The molecule has 1 unspecified atom stereocenters. The number of hydrogen-bond acceptors (Lipinski definition) is 4. The van der Waals surface area contributed by atoms with E-state index in [-0.39, 0.29) is 17.5 Å². The van der Waals surface area contributed by atoms with E-state index in [9.17, 15) is 4.79 Å². The average molecular weight is 248 g/mol. The van der Waals surface area contributed by atoms with E-state index in [0.717, 1.165) is 18.9 Å². The number of carbonyl (C=O) groups is 1. The van der Waals surface area contributed by atoms with Gasteiger partial charge in [-0.05, 0) is 39.8 Å². The maximum Gasteiger partial charge on any atom is 0.159 e. The van der Waals surface area contributed by atoms with Gasteiger partial charge in [-0.15, -0.1) is 0 Å². The van der Waals surface area contributed by atoms with Crippen LogP contribution >= 0.6 is 0 Å². The zero-order valence-corrected chi connectivity index (χ0v) is 11.4. The Balaban J connectivity index is 2.25. The Morgan fingerprint density at radius 3 is 2.89 bits per heavy atom. The van der Waals surface area contributed by atoms with Crippen LogP contribution in [0.4, 0.5) is 5.82 Å². The van der Waals surface area contributed by atoms with Crippen LogP contribution in [0.1, 0.15) is 38.1 Å². The first-order valence-corrected chi connectivity index (χ1v) is 6.27. The van der Waals surface area contributed by atoms with Crippen molar-refractivity contribution in [2.45, 2.75) is 39.4 Å². The highest BCUT2D eigenvalue weighted by Gasteiger charge is 2.31. The van der Waals surface area contributed by atoms with Crippen molar-refractivity contribution in [2.24, 2.45) is 0 Å². The first kappa shape index (κ1) is 13.0. The van der Waals surface area contributed by atoms with E-state index in [0.29, 0.717) is 5.56 Å². The van der Waals surface area contributed by atoms with Crippen molar-refractivity contribution in [3.05, 3.63) is 23.9 Å². The summed E-state index contributed by atoms with van der Waals surface area (Å²) in [6.07, 6.45) is 1.86. The molecule has 0 bridgehead atoms. The minimum Gasteiger partial charge on any atom is -0.369 e. The molecule has 1 aliphatic rings. The highest BCUT2D eigenvalue weighted by molar-refractivity contribution is 5.94. The Labute approximate surface area is 108 Å². The van der Waals surface area contributed by atoms with Crippen molar-refractivity contribution in [3.63, 3.8) is 0 Å². The Morgan fingerprint density at radius 2 is 2.28 bits per heavy atom. The lowest BCUT2D eigenvalue weighted by atomic mass is 10.1. The lowest BCUT2D eigenvalue weighted by molar-refractivity contribution is -0.0751. The fourth-order valence-electron chi connectivity index (χ4n) is 2.44. The van der Waals surface area contributed by atoms with E-state index in [1.807, 2.05) is 6.07 Å². The largest absolute Gasteiger partial charge is 0.369 e. The van der Waals surface area contributed by atoms with Gasteiger partial charge in [-0.1, -0.05) is 0 Å². The Kier molecular flexibility index (Phi) is 3.39. The second-order valence-corrected chi connectivity index (χ2v) is 5.53. The summed E-state index contributed by atoms with van der Waals surface area (Å²) in [4.78, 5) is 17.9. The van der Waals surface area contributed by atoms with Crippen LogP contribution in [-0.2, 0) is 4.74 Å². The second-order valence-electron chi connectivity index (χ2n) is 5.53. The molecule has 0 spiro atoms. The van der Waals surface area contributed by atoms with E-state index in [1.54, 1.807) is 19.2 Å². The summed E-state index contributed by atoms with van der Waals surface area (Å²) < 4.78 is 5.87. The number of hydrogen-bond donors (Lipinski definition) is 0. The summed E-state index contributed by atoms with van der Waals surface area (Å²) in [6, 6.07) is 3.61. The van der Waals surface area contributed by atoms with Crippen molar-refractivity contribution < 1.29 is 9.53 Å². The number of pyridine rings is 1. The van der Waals surface area contributed by atoms with Crippen LogP contribution in [0, 0.1) is 0 Å². The van der Waals surface area contributed by atoms with Crippen LogP contribution in [0.3, 0.4) is 0 Å². The monoisotopic (exact) mass is 248 g/mol. The van der Waals surface area contributed by atoms with Crippen molar-refractivity contribution in [1.29, 1.82) is 0 Å². The average Bonchev–Trinajstić information content (AvgIpc) is 2.26. The fraction of sp³-hybridized carbons (Fsp3) is 0.571. The molecule has 0 aliphatic carbocycles. The number of anilines is 1. The number of rotatable bonds is 2. The smallest absolute Gasteiger partial charge is 0.159 e. The predicted octanol–water partition coefficient (Wildman–Crippen LogP) is 2.29. The van der Waals surface area contributed by atoms with E-state index in [1.165, 1.54) is 0 Å². The standard InChI is InChI=1S/C14H20N2O2/c1-10-8-16(9-14(3,4)18-10)13-7-12(11(2)17)5-6-15-13/h5-7,10H,8-9H2,1-4H3. The molecule has 1 aliphatic heterocycles. The summed E-state index contributed by atoms with van der Waals surface area (Å²) >= 11 is 0. The van der Waals surface area contributed by atoms with Gasteiger partial charge in [-0.25, -0.2) is 4.98 Å². The van der Waals surface area contributed by atoms with Crippen molar-refractivity contribution in [2.75, 3.05) is 18.0 Å². The predicted molar refractivity (Wildman–Crippen MR) is 71.1 cm³/mol. The van der Waals surface area contributed by atoms with Crippen LogP contribution in [-0.4, -0.2) is 35.6 Å². The molecule has 2 rings (SSSR count). The summed E-state index contributed by atoms with van der Waals surface area (Å²) in [5.74, 6) is 0.921. The molecule has 0 saturated carbocycles. The Hall–Kier alpha value is -1.42. The quantitative estimate of drug-likeness (QED) is 0.753. The fourth-order valence-corrected chi connectivity index (χ4v) is 2.44. The molecule has 0 N–H and O–H groups in total. The summed E-state index contributed by atoms with van der Waals surface area (Å²) in [6.45, 7) is 9.37. The number of aromatic nitrogens is 1. The molecule has 1 saturated heterocycles. The third-order valence-corrected chi connectivity index (χ3v) is 3.05. The van der Waals surface area contributed by atoms with Gasteiger partial charge in [0.25, 0.3) is 0 Å². The molecule has 98 valence electrons. The molecule has 1 aromatic heterocycles. The van der Waals surface area contributed by atoms with Crippen LogP contribution in [0.25, 0.3) is 0 Å². The highest BCUT2D eigenvalue weighted by atomic mass is 16.5. The molecule has 2 heterocycles. The summed E-state index contributed by atoms with van der Waals surface area (Å²) in [7, 11) is 0. The van der Waals surface area contributed by atoms with Gasteiger partial charge < -0.3 is 9.64 Å². The maximum atomic E-state index is 11.4. The minimum absolute atomic E-state index is 0.0687. The first-order chi connectivity index (χ1) is 8.37. The van der Waals surface area contributed by atoms with E-state index < -0.39 is 0 Å². The molecule has 18 heavy (non-hydrogen) atoms. The topological polar surface area (TPSA) is 42.4 Å². The van der Waals surface area contributed by atoms with Gasteiger partial charge in [-0.2, -0.15) is 0 Å². The molecular formula is C14H20N2O2. The second kappa shape index (κ2) is 4.69. The van der Waals surface area contributed by atoms with E-state index in [2.05, 4.69) is 30.7 Å². The minimum atomic E-state index is -0.189. The van der Waals surface area contributed by atoms with Gasteiger partial charge in [0.15, 0.2) is 5.78 Å². The van der Waals surface area contributed by atoms with Crippen LogP contribution in [0.2, 0.25) is 0 Å². The Morgan fingerprint density at radius 1 is 1.56 bits per heavy atom. The molecule has 1 fully saturated rings. The lowest BCUT2D eigenvalue weighted by Gasteiger charge is -2.42. The zero-order valence-electron chi connectivity index (χ0n) is 11.4. The van der Waals surface area contributed by atoms with Gasteiger partial charge in [0.2, 0.25) is 0 Å². The molecule has 4 heteroatoms. The lowest BCUT2D eigenvalue weighted by Crippen LogP contribution is -2.52. The highest BCUT2D eigenvalue weighted by Crippen LogP contribution is 2.25. The molecular weight excluding hydrogens is 228 g/mol. The number of ether oxygens (including phenoxy) is 1. The van der Waals surface area contributed by atoms with Crippen LogP contribution < -0.4 is 4.90 Å². The third-order valence-electron chi connectivity index (χ3n) is 3.05. The number of nitrogens with zero attached hydrogens (tertiary/aromatic N) is 2. The number of ketones is 1. The van der Waals surface area contributed by atoms with Crippen molar-refractivity contribution in [3.8, 4) is 0 Å². The van der Waals surface area contributed by atoms with Gasteiger partial charge in [0.05, 0.1) is 11.7 Å². The number of Topliss-reactive ketones (excluding diaryl/α,β-unsaturated/α-hetero) is 1. The summed E-state index contributed by atoms with van der Waals surface area (Å²) in [5.41, 5.74) is 0.517. The zero-order chi connectivity index (χ0) is 13.3. The van der Waals surface area contributed by atoms with E-state index in [4.69, 9.17) is 4.74 Å². The third kappa shape index (κ3) is 2.88. The first-order valence-electron chi connectivity index (χ1n) is 6.27. The van der Waals surface area contributed by atoms with Gasteiger partial charge >= 0.3 is 0 Å². The van der Waals surface area contributed by atoms with Crippen LogP contribution in [0.15, 0.2) is 18.3 Å². The number of carbonyl (C=O) groups excluding carboxylic acids is 1. The van der Waals surface area contributed by atoms with Crippen molar-refractivity contribution in [1.82, 2.24) is 4.98 Å². The molecule has 1 atom stereocenters. The van der Waals surface area contributed by atoms with Gasteiger partial charge in [0.1, 0.15) is 5.82 Å². The number of morpholine rings is 1. The maximum absolute atomic E-state index is 11.4. The van der Waals surface area contributed by atoms with Crippen molar-refractivity contribution >= 4 is 11.6 Å². The molecule has 0 radical (unpaired) electrons. The summed E-state index contributed by atoms with van der Waals surface area (Å²) in [5, 5.41) is 0. The molecule has 0 amide bonds. The molecule has 0 aromatic carbocycles. The van der Waals surface area contributed by atoms with Gasteiger partial charge in [-0.3, -0.25) is 4.79 Å². The normalized spacial score (nSPS) is 22.9. The van der Waals surface area contributed by atoms with E-state index >= 15 is 0 Å². The SMILES string of the molecule is CC(=O)c1ccnc(N2CC(C)OC(C)(C)C2)c1. The Bertz CT molecular complexity index is 457. The van der Waals surface area contributed by atoms with Crippen LogP contribution in [0.5, 0.6) is 0 Å².